The molecule has 4 aliphatic rings. The Hall–Kier alpha value is -3.25. The third-order valence-corrected chi connectivity index (χ3v) is 9.59. The number of rotatable bonds is 6. The molecule has 1 aromatic carbocycles. The molecular weight excluding hydrogens is 594 g/mol. The molecule has 2 N–H and O–H groups in total. The first kappa shape index (κ1) is 29.8. The van der Waals surface area contributed by atoms with Crippen molar-refractivity contribution >= 4 is 35.0 Å². The molecule has 1 aromatic heterocycles. The van der Waals surface area contributed by atoms with Crippen LogP contribution in [0.2, 0.25) is 5.02 Å². The maximum absolute atomic E-state index is 14.2. The fourth-order valence-electron chi connectivity index (χ4n) is 6.57. The second-order valence-electron chi connectivity index (χ2n) is 11.9. The highest BCUT2D eigenvalue weighted by Crippen LogP contribution is 2.60. The number of hydrogen-bond acceptors (Lipinski definition) is 5. The molecule has 0 spiro atoms. The number of fused-ring (bicyclic) bond motifs is 1. The van der Waals surface area contributed by atoms with E-state index in [0.29, 0.717) is 42.6 Å². The second kappa shape index (κ2) is 11.0. The van der Waals surface area contributed by atoms with Crippen LogP contribution in [0, 0.1) is 11.8 Å². The number of hydrogen-bond donors (Lipinski definition) is 2. The predicted octanol–water partition coefficient (Wildman–Crippen LogP) is 5.05. The van der Waals surface area contributed by atoms with Crippen molar-refractivity contribution < 1.29 is 41.8 Å². The Bertz CT molecular complexity index is 1520. The van der Waals surface area contributed by atoms with Gasteiger partial charge in [0.05, 0.1) is 52.6 Å². The molecule has 13 heteroatoms. The fraction of sp³-hybridized carbons (Fsp3) is 0.533. The number of carbonyl (C=O) groups excluding carboxylic acids is 2. The van der Waals surface area contributed by atoms with Crippen LogP contribution < -0.4 is 5.32 Å². The van der Waals surface area contributed by atoms with Crippen molar-refractivity contribution in [3.8, 4) is 0 Å². The SMILES string of the molecule is O=C(O)C1CC=C(c2nn(C(=O)c3c(Cl)cccc3C3(C(F)(F)F)CC3)c3c2CCC(C(=O)N[C@H]2COC[C@@H]2F)C3)CC1. The topological polar surface area (TPSA) is 111 Å². The molecule has 2 aromatic rings. The van der Waals surface area contributed by atoms with E-state index in [1.807, 2.05) is 0 Å². The van der Waals surface area contributed by atoms with Crippen molar-refractivity contribution in [3.05, 3.63) is 57.4 Å². The summed E-state index contributed by atoms with van der Waals surface area (Å²) in [5, 5.41) is 16.6. The molecule has 1 amide bonds. The molecule has 2 unspecified atom stereocenters. The molecule has 3 aliphatic carbocycles. The molecule has 43 heavy (non-hydrogen) atoms. The quantitative estimate of drug-likeness (QED) is 0.436. The predicted molar refractivity (Wildman–Crippen MR) is 146 cm³/mol. The zero-order chi connectivity index (χ0) is 30.7. The lowest BCUT2D eigenvalue weighted by Gasteiger charge is -2.26. The van der Waals surface area contributed by atoms with Gasteiger partial charge in [-0.2, -0.15) is 23.0 Å². The number of aliphatic carboxylic acids is 1. The molecule has 2 heterocycles. The van der Waals surface area contributed by atoms with Gasteiger partial charge in [0.25, 0.3) is 5.91 Å². The Morgan fingerprint density at radius 3 is 2.47 bits per heavy atom. The van der Waals surface area contributed by atoms with Crippen molar-refractivity contribution in [2.45, 2.75) is 75.2 Å². The number of aromatic nitrogens is 2. The number of carboxylic acid groups (broad SMARTS) is 1. The van der Waals surface area contributed by atoms with E-state index in [2.05, 4.69) is 10.4 Å². The van der Waals surface area contributed by atoms with E-state index in [1.54, 1.807) is 6.08 Å². The van der Waals surface area contributed by atoms with E-state index in [9.17, 15) is 37.1 Å². The van der Waals surface area contributed by atoms with Gasteiger partial charge in [-0.05, 0) is 62.1 Å². The molecule has 0 radical (unpaired) electrons. The highest BCUT2D eigenvalue weighted by molar-refractivity contribution is 6.34. The number of alkyl halides is 4. The minimum atomic E-state index is -4.59. The Kier molecular flexibility index (Phi) is 7.65. The lowest BCUT2D eigenvalue weighted by atomic mass is 9.82. The van der Waals surface area contributed by atoms with Gasteiger partial charge >= 0.3 is 12.1 Å². The third kappa shape index (κ3) is 5.26. The molecule has 1 saturated carbocycles. The number of nitrogens with zero attached hydrogens (tertiary/aromatic N) is 2. The Morgan fingerprint density at radius 2 is 1.86 bits per heavy atom. The Morgan fingerprint density at radius 1 is 1.12 bits per heavy atom. The molecule has 6 rings (SSSR count). The first-order chi connectivity index (χ1) is 20.4. The molecule has 0 bridgehead atoms. The van der Waals surface area contributed by atoms with E-state index >= 15 is 0 Å². The lowest BCUT2D eigenvalue weighted by Crippen LogP contribution is -2.45. The van der Waals surface area contributed by atoms with Crippen LogP contribution in [0.25, 0.3) is 5.57 Å². The molecule has 1 aliphatic heterocycles. The monoisotopic (exact) mass is 623 g/mol. The lowest BCUT2D eigenvalue weighted by molar-refractivity contribution is -0.160. The fourth-order valence-corrected chi connectivity index (χ4v) is 6.83. The van der Waals surface area contributed by atoms with E-state index in [-0.39, 0.29) is 55.0 Å². The smallest absolute Gasteiger partial charge is 0.398 e. The number of amides is 1. The molecule has 4 atom stereocenters. The summed E-state index contributed by atoms with van der Waals surface area (Å²) >= 11 is 6.42. The van der Waals surface area contributed by atoms with E-state index in [4.69, 9.17) is 16.3 Å². The summed E-state index contributed by atoms with van der Waals surface area (Å²) in [6.07, 6.45) is -2.64. The van der Waals surface area contributed by atoms with Crippen LogP contribution >= 0.6 is 11.6 Å². The summed E-state index contributed by atoms with van der Waals surface area (Å²) in [6, 6.07) is 3.25. The number of nitrogens with one attached hydrogen (secondary N) is 1. The molecule has 2 fully saturated rings. The van der Waals surface area contributed by atoms with Crippen LogP contribution in [-0.2, 0) is 32.6 Å². The van der Waals surface area contributed by atoms with Gasteiger partial charge in [0.15, 0.2) is 0 Å². The minimum absolute atomic E-state index is 0.0488. The average molecular weight is 624 g/mol. The van der Waals surface area contributed by atoms with Gasteiger partial charge in [0.2, 0.25) is 5.91 Å². The maximum Gasteiger partial charge on any atom is 0.398 e. The number of halogens is 5. The van der Waals surface area contributed by atoms with Gasteiger partial charge in [0, 0.05) is 17.9 Å². The van der Waals surface area contributed by atoms with Crippen LogP contribution in [0.4, 0.5) is 17.6 Å². The largest absolute Gasteiger partial charge is 0.481 e. The third-order valence-electron chi connectivity index (χ3n) is 9.27. The summed E-state index contributed by atoms with van der Waals surface area (Å²) in [4.78, 5) is 38.8. The van der Waals surface area contributed by atoms with Crippen molar-refractivity contribution in [2.24, 2.45) is 11.8 Å². The highest BCUT2D eigenvalue weighted by atomic mass is 35.5. The zero-order valence-corrected chi connectivity index (χ0v) is 23.8. The summed E-state index contributed by atoms with van der Waals surface area (Å²) in [6.45, 7) is -0.0605. The summed E-state index contributed by atoms with van der Waals surface area (Å²) in [5.74, 6) is -3.31. The van der Waals surface area contributed by atoms with Crippen molar-refractivity contribution in [3.63, 3.8) is 0 Å². The normalized spacial score (nSPS) is 26.4. The summed E-state index contributed by atoms with van der Waals surface area (Å²) in [7, 11) is 0. The number of carbonyl (C=O) groups is 3. The number of benzene rings is 1. The number of allylic oxidation sites excluding steroid dienone is 2. The van der Waals surface area contributed by atoms with Gasteiger partial charge in [-0.1, -0.05) is 29.8 Å². The van der Waals surface area contributed by atoms with Crippen LogP contribution in [-0.4, -0.2) is 64.3 Å². The summed E-state index contributed by atoms with van der Waals surface area (Å²) in [5.41, 5.74) is -0.361. The van der Waals surface area contributed by atoms with E-state index in [1.165, 1.54) is 18.2 Å². The molecule has 230 valence electrons. The van der Waals surface area contributed by atoms with Gasteiger partial charge in [-0.25, -0.2) is 4.39 Å². The minimum Gasteiger partial charge on any atom is -0.481 e. The van der Waals surface area contributed by atoms with E-state index < -0.39 is 53.4 Å². The first-order valence-corrected chi connectivity index (χ1v) is 14.7. The van der Waals surface area contributed by atoms with Crippen LogP contribution in [0.3, 0.4) is 0 Å². The molecular formula is C30H30ClF4N3O5. The maximum atomic E-state index is 14.2. The van der Waals surface area contributed by atoms with E-state index in [0.717, 1.165) is 10.3 Å². The zero-order valence-electron chi connectivity index (χ0n) is 23.1. The van der Waals surface area contributed by atoms with Gasteiger partial charge < -0.3 is 15.2 Å². The second-order valence-corrected chi connectivity index (χ2v) is 12.3. The van der Waals surface area contributed by atoms with Gasteiger partial charge in [0.1, 0.15) is 6.17 Å². The van der Waals surface area contributed by atoms with Crippen LogP contribution in [0.5, 0.6) is 0 Å². The van der Waals surface area contributed by atoms with Gasteiger partial charge in [-0.3, -0.25) is 14.4 Å². The van der Waals surface area contributed by atoms with Crippen molar-refractivity contribution in [1.29, 1.82) is 0 Å². The van der Waals surface area contributed by atoms with Crippen LogP contribution in [0.15, 0.2) is 24.3 Å². The Balaban J connectivity index is 1.40. The van der Waals surface area contributed by atoms with Crippen molar-refractivity contribution in [2.75, 3.05) is 13.2 Å². The Labute approximate surface area is 249 Å². The number of carboxylic acids is 1. The number of ether oxygens (including phenoxy) is 1. The van der Waals surface area contributed by atoms with Crippen LogP contribution in [0.1, 0.15) is 71.4 Å². The molecule has 1 saturated heterocycles. The standard InChI is InChI=1S/C30H30ClF4N3O5/c31-20-3-1-2-19(29(10-11-29)30(33,34)35)24(20)27(40)38-23-12-17(26(39)36-22-14-43-13-21(22)32)8-9-18(23)25(37-38)15-4-6-16(7-5-15)28(41)42/h1-4,16-17,21-22H,5-14H2,(H,36,39)(H,41,42)/t16?,17?,21-,22-/m0/s1. The van der Waals surface area contributed by atoms with Gasteiger partial charge in [-0.15, -0.1) is 0 Å². The van der Waals surface area contributed by atoms with Crippen molar-refractivity contribution in [1.82, 2.24) is 15.1 Å². The summed E-state index contributed by atoms with van der Waals surface area (Å²) < 4.78 is 62.9. The highest BCUT2D eigenvalue weighted by Gasteiger charge is 2.65. The molecule has 8 nitrogen and oxygen atoms in total. The average Bonchev–Trinajstić information content (AvgIpc) is 3.59. The first-order valence-electron chi connectivity index (χ1n) is 14.4.